The van der Waals surface area contributed by atoms with Crippen LogP contribution in [0, 0.1) is 0 Å². The van der Waals surface area contributed by atoms with E-state index < -0.39 is 0 Å². The monoisotopic (exact) mass is 324 g/mol. The molecule has 0 heterocycles. The number of hydrogen-bond donors (Lipinski definition) is 1. The second-order valence-corrected chi connectivity index (χ2v) is 6.95. The Morgan fingerprint density at radius 2 is 1.64 bits per heavy atom. The van der Waals surface area contributed by atoms with Gasteiger partial charge in [-0.3, -0.25) is 0 Å². The van der Waals surface area contributed by atoms with E-state index in [0.717, 1.165) is 19.3 Å². The van der Waals surface area contributed by atoms with Gasteiger partial charge in [-0.2, -0.15) is 0 Å². The lowest BCUT2D eigenvalue weighted by molar-refractivity contribution is 0.209. The number of benzene rings is 3. The molecule has 3 aromatic rings. The number of hydrogen-bond acceptors (Lipinski definition) is 1. The van der Waals surface area contributed by atoms with Crippen molar-refractivity contribution in [3.05, 3.63) is 89.5 Å². The van der Waals surface area contributed by atoms with Crippen LogP contribution in [0.4, 0.5) is 0 Å². The average Bonchev–Trinajstić information content (AvgIpc) is 2.68. The lowest BCUT2D eigenvalue weighted by Gasteiger charge is -2.28. The highest BCUT2D eigenvalue weighted by molar-refractivity contribution is 6.01. The number of allylic oxidation sites excluding steroid dienone is 2. The first-order valence-corrected chi connectivity index (χ1v) is 9.01. The molecule has 2 aliphatic rings. The topological polar surface area (TPSA) is 20.2 Å². The first-order chi connectivity index (χ1) is 12.3. The van der Waals surface area contributed by atoms with Crippen LogP contribution in [0.2, 0.25) is 0 Å². The number of rotatable bonds is 1. The molecule has 25 heavy (non-hydrogen) atoms. The molecule has 1 atom stereocenters. The summed E-state index contributed by atoms with van der Waals surface area (Å²) in [6.07, 6.45) is 6.71. The molecule has 0 saturated heterocycles. The molecule has 0 saturated carbocycles. The van der Waals surface area contributed by atoms with E-state index in [4.69, 9.17) is 0 Å². The number of fused-ring (bicyclic) bond motifs is 4. The van der Waals surface area contributed by atoms with Crippen LogP contribution in [0.25, 0.3) is 27.5 Å². The second kappa shape index (κ2) is 5.72. The van der Waals surface area contributed by atoms with E-state index in [0.29, 0.717) is 0 Å². The highest BCUT2D eigenvalue weighted by Gasteiger charge is 2.25. The van der Waals surface area contributed by atoms with Gasteiger partial charge in [0.25, 0.3) is 0 Å². The summed E-state index contributed by atoms with van der Waals surface area (Å²) < 4.78 is 0. The van der Waals surface area contributed by atoms with Crippen LogP contribution < -0.4 is 0 Å². The molecule has 5 rings (SSSR count). The van der Waals surface area contributed by atoms with Crippen molar-refractivity contribution < 1.29 is 5.11 Å². The second-order valence-electron chi connectivity index (χ2n) is 6.95. The van der Waals surface area contributed by atoms with E-state index in [1.165, 1.54) is 44.2 Å². The first-order valence-electron chi connectivity index (χ1n) is 9.01. The van der Waals surface area contributed by atoms with Gasteiger partial charge in [0.1, 0.15) is 0 Å². The quantitative estimate of drug-likeness (QED) is 0.624. The molecule has 1 nitrogen and oxygen atoms in total. The Hall–Kier alpha value is -2.64. The molecule has 122 valence electrons. The van der Waals surface area contributed by atoms with Crippen molar-refractivity contribution in [2.24, 2.45) is 0 Å². The zero-order valence-electron chi connectivity index (χ0n) is 14.1. The molecule has 0 aromatic heterocycles. The Kier molecular flexibility index (Phi) is 3.36. The molecule has 3 aromatic carbocycles. The summed E-state index contributed by atoms with van der Waals surface area (Å²) in [5.74, 6) is 0. The third-order valence-corrected chi connectivity index (χ3v) is 5.58. The van der Waals surface area contributed by atoms with Gasteiger partial charge >= 0.3 is 0 Å². The predicted molar refractivity (Wildman–Crippen MR) is 104 cm³/mol. The fraction of sp³-hybridized carbons (Fsp3) is 0.167. The molecule has 1 heteroatoms. The fourth-order valence-electron chi connectivity index (χ4n) is 4.38. The third-order valence-electron chi connectivity index (χ3n) is 5.58. The highest BCUT2D eigenvalue weighted by Crippen LogP contribution is 2.41. The molecule has 1 unspecified atom stereocenters. The van der Waals surface area contributed by atoms with Crippen LogP contribution in [-0.2, 0) is 6.42 Å². The van der Waals surface area contributed by atoms with Gasteiger partial charge in [0, 0.05) is 0 Å². The van der Waals surface area contributed by atoms with Crippen molar-refractivity contribution in [3.63, 3.8) is 0 Å². The van der Waals surface area contributed by atoms with Crippen molar-refractivity contribution >= 4 is 16.3 Å². The maximum atomic E-state index is 10.3. The Bertz CT molecular complexity index is 1020. The first kappa shape index (κ1) is 14.7. The van der Waals surface area contributed by atoms with Gasteiger partial charge < -0.3 is 5.11 Å². The molecule has 2 aliphatic carbocycles. The van der Waals surface area contributed by atoms with Crippen molar-refractivity contribution in [2.75, 3.05) is 0 Å². The molecule has 0 fully saturated rings. The Morgan fingerprint density at radius 1 is 0.760 bits per heavy atom. The minimum Gasteiger partial charge on any atom is -0.388 e. The summed E-state index contributed by atoms with van der Waals surface area (Å²) in [4.78, 5) is 0. The van der Waals surface area contributed by atoms with Gasteiger partial charge in [0.2, 0.25) is 0 Å². The molecule has 0 spiro atoms. The summed E-state index contributed by atoms with van der Waals surface area (Å²) in [7, 11) is 0. The van der Waals surface area contributed by atoms with Gasteiger partial charge in [-0.25, -0.2) is 0 Å². The van der Waals surface area contributed by atoms with Gasteiger partial charge in [0.15, 0.2) is 0 Å². The SMILES string of the molecule is OC1CC=CC2=C1CCc1c2ccc2c(-c3ccccc3)cccc12. The molecule has 0 aliphatic heterocycles. The summed E-state index contributed by atoms with van der Waals surface area (Å²) in [5.41, 5.74) is 7.74. The van der Waals surface area contributed by atoms with E-state index in [2.05, 4.69) is 72.8 Å². The number of aliphatic hydroxyl groups is 1. The van der Waals surface area contributed by atoms with E-state index >= 15 is 0 Å². The van der Waals surface area contributed by atoms with Gasteiger partial charge in [-0.1, -0.05) is 72.8 Å². The van der Waals surface area contributed by atoms with Crippen LogP contribution in [0.5, 0.6) is 0 Å². The van der Waals surface area contributed by atoms with Crippen LogP contribution >= 0.6 is 0 Å². The highest BCUT2D eigenvalue weighted by atomic mass is 16.3. The zero-order valence-corrected chi connectivity index (χ0v) is 14.1. The maximum Gasteiger partial charge on any atom is 0.0793 e. The van der Waals surface area contributed by atoms with Crippen molar-refractivity contribution in [2.45, 2.75) is 25.4 Å². The Balaban J connectivity index is 1.76. The standard InChI is InChI=1S/C24H20O/c25-24-11-5-10-19-22-13-12-20-17(16-6-2-1-3-7-16)8-4-9-18(20)21(22)14-15-23(19)24/h1-10,12-13,24-25H,11,14-15H2. The normalized spacial score (nSPS) is 19.0. The van der Waals surface area contributed by atoms with Gasteiger partial charge in [-0.15, -0.1) is 0 Å². The van der Waals surface area contributed by atoms with Crippen molar-refractivity contribution in [1.29, 1.82) is 0 Å². The predicted octanol–water partition coefficient (Wildman–Crippen LogP) is 5.53. The summed E-state index contributed by atoms with van der Waals surface area (Å²) in [5, 5.41) is 13.0. The molecule has 0 amide bonds. The van der Waals surface area contributed by atoms with E-state index in [1.54, 1.807) is 0 Å². The van der Waals surface area contributed by atoms with Crippen LogP contribution in [0.1, 0.15) is 24.0 Å². The maximum absolute atomic E-state index is 10.3. The summed E-state index contributed by atoms with van der Waals surface area (Å²) in [6.45, 7) is 0. The zero-order chi connectivity index (χ0) is 16.8. The fourth-order valence-corrected chi connectivity index (χ4v) is 4.38. The number of aliphatic hydroxyl groups excluding tert-OH is 1. The Morgan fingerprint density at radius 3 is 2.52 bits per heavy atom. The van der Waals surface area contributed by atoms with E-state index in [-0.39, 0.29) is 6.10 Å². The lowest BCUT2D eigenvalue weighted by atomic mass is 9.78. The minimum absolute atomic E-state index is 0.306. The van der Waals surface area contributed by atoms with Crippen molar-refractivity contribution in [1.82, 2.24) is 0 Å². The largest absolute Gasteiger partial charge is 0.388 e. The molecular weight excluding hydrogens is 304 g/mol. The molecular formula is C24H20O. The molecule has 0 bridgehead atoms. The summed E-state index contributed by atoms with van der Waals surface area (Å²) in [6, 6.07) is 21.7. The molecule has 1 N–H and O–H groups in total. The number of aryl methyl sites for hydroxylation is 1. The average molecular weight is 324 g/mol. The summed E-state index contributed by atoms with van der Waals surface area (Å²) >= 11 is 0. The van der Waals surface area contributed by atoms with Gasteiger partial charge in [-0.05, 0) is 63.4 Å². The minimum atomic E-state index is -0.306. The van der Waals surface area contributed by atoms with Gasteiger partial charge in [0.05, 0.1) is 6.10 Å². The Labute approximate surface area is 147 Å². The lowest BCUT2D eigenvalue weighted by Crippen LogP contribution is -2.18. The molecule has 0 radical (unpaired) electrons. The van der Waals surface area contributed by atoms with Crippen LogP contribution in [0.15, 0.2) is 78.4 Å². The van der Waals surface area contributed by atoms with Crippen LogP contribution in [0.3, 0.4) is 0 Å². The third kappa shape index (κ3) is 2.27. The smallest absolute Gasteiger partial charge is 0.0793 e. The van der Waals surface area contributed by atoms with E-state index in [9.17, 15) is 5.11 Å². The van der Waals surface area contributed by atoms with Crippen LogP contribution in [-0.4, -0.2) is 11.2 Å². The van der Waals surface area contributed by atoms with E-state index in [1.807, 2.05) is 0 Å². The van der Waals surface area contributed by atoms with Crippen molar-refractivity contribution in [3.8, 4) is 11.1 Å².